The van der Waals surface area contributed by atoms with Gasteiger partial charge in [-0.05, 0) is 49.6 Å². The molecule has 0 spiro atoms. The molecule has 1 aromatic heterocycles. The molecule has 39 heavy (non-hydrogen) atoms. The van der Waals surface area contributed by atoms with Crippen LogP contribution >= 0.6 is 11.3 Å². The molecule has 0 saturated carbocycles. The van der Waals surface area contributed by atoms with Crippen LogP contribution in [0.5, 0.6) is 0 Å². The predicted octanol–water partition coefficient (Wildman–Crippen LogP) is 2.08. The lowest BCUT2D eigenvalue weighted by Crippen LogP contribution is -2.36. The predicted molar refractivity (Wildman–Crippen MR) is 148 cm³/mol. The van der Waals surface area contributed by atoms with Gasteiger partial charge in [-0.3, -0.25) is 24.3 Å². The topological polar surface area (TPSA) is 122 Å². The van der Waals surface area contributed by atoms with Crippen molar-refractivity contribution in [2.45, 2.75) is 19.8 Å². The van der Waals surface area contributed by atoms with Crippen LogP contribution in [0.4, 0.5) is 11.4 Å². The monoisotopic (exact) mass is 545 g/mol. The van der Waals surface area contributed by atoms with Gasteiger partial charge in [-0.15, -0.1) is 11.3 Å². The number of morpholine rings is 1. The van der Waals surface area contributed by atoms with Crippen molar-refractivity contribution < 1.29 is 14.5 Å². The second-order valence-corrected chi connectivity index (χ2v) is 10.5. The van der Waals surface area contributed by atoms with Crippen molar-refractivity contribution >= 4 is 40.3 Å². The molecule has 2 fully saturated rings. The first-order valence-electron chi connectivity index (χ1n) is 12.7. The highest BCUT2D eigenvalue weighted by molar-refractivity contribution is 7.07. The molecule has 3 aromatic rings. The highest BCUT2D eigenvalue weighted by Crippen LogP contribution is 2.30. The molecule has 2 saturated heterocycles. The zero-order valence-electron chi connectivity index (χ0n) is 21.5. The van der Waals surface area contributed by atoms with Crippen LogP contribution in [-0.2, 0) is 9.53 Å². The largest absolute Gasteiger partial charge is 0.378 e. The molecule has 3 heterocycles. The molecule has 0 N–H and O–H groups in total. The van der Waals surface area contributed by atoms with Crippen molar-refractivity contribution in [3.8, 4) is 11.8 Å². The molecule has 5 rings (SSSR count). The highest BCUT2D eigenvalue weighted by atomic mass is 32.1. The Morgan fingerprint density at radius 1 is 1.10 bits per heavy atom. The number of rotatable bonds is 5. The van der Waals surface area contributed by atoms with Crippen LogP contribution < -0.4 is 19.7 Å². The third-order valence-electron chi connectivity index (χ3n) is 6.89. The molecular formula is C28H27N5O5S. The van der Waals surface area contributed by atoms with E-state index >= 15 is 0 Å². The number of nitrogens with zero attached hydrogens (tertiary/aromatic N) is 5. The summed E-state index contributed by atoms with van der Waals surface area (Å²) < 4.78 is 7.26. The van der Waals surface area contributed by atoms with Gasteiger partial charge < -0.3 is 14.5 Å². The van der Waals surface area contributed by atoms with Crippen LogP contribution in [0.2, 0.25) is 0 Å². The summed E-state index contributed by atoms with van der Waals surface area (Å²) in [6.07, 6.45) is 3.32. The number of anilines is 1. The average Bonchev–Trinajstić information content (AvgIpc) is 3.59. The second-order valence-electron chi connectivity index (χ2n) is 9.48. The summed E-state index contributed by atoms with van der Waals surface area (Å²) in [6, 6.07) is 14.2. The van der Waals surface area contributed by atoms with E-state index in [-0.39, 0.29) is 20.5 Å². The van der Waals surface area contributed by atoms with Gasteiger partial charge in [-0.1, -0.05) is 23.8 Å². The average molecular weight is 546 g/mol. The summed E-state index contributed by atoms with van der Waals surface area (Å²) in [5.74, 6) is -0.394. The molecule has 0 unspecified atom stereocenters. The molecule has 0 bridgehead atoms. The van der Waals surface area contributed by atoms with Crippen LogP contribution in [0, 0.1) is 28.4 Å². The minimum atomic E-state index is -0.428. The minimum Gasteiger partial charge on any atom is -0.378 e. The smallest absolute Gasteiger partial charge is 0.293 e. The molecule has 2 aromatic carbocycles. The lowest BCUT2D eigenvalue weighted by atomic mass is 10.1. The Morgan fingerprint density at radius 3 is 2.44 bits per heavy atom. The number of amides is 1. The first kappa shape index (κ1) is 26.3. The second kappa shape index (κ2) is 11.2. The zero-order chi connectivity index (χ0) is 27.5. The van der Waals surface area contributed by atoms with E-state index in [1.54, 1.807) is 35.2 Å². The standard InChI is InChI=1S/C28H27N5O5S/c1-19-4-7-21(8-5-19)32-27(35)25(39-28(32)22(18-29)26(34)31-10-2-3-11-31)17-20-6-9-23(24(16-20)33(36)37)30-12-14-38-15-13-30/h4-9,16-17H,2-3,10-15H2,1H3/b25-17-,28-22+. The summed E-state index contributed by atoms with van der Waals surface area (Å²) >= 11 is 1.04. The number of aryl methyl sites for hydroxylation is 1. The molecule has 200 valence electrons. The molecule has 1 amide bonds. The van der Waals surface area contributed by atoms with Crippen LogP contribution in [0.15, 0.2) is 47.3 Å². The number of nitro benzene ring substituents is 1. The van der Waals surface area contributed by atoms with Gasteiger partial charge >= 0.3 is 0 Å². The maximum atomic E-state index is 13.7. The van der Waals surface area contributed by atoms with Crippen molar-refractivity contribution in [3.05, 3.63) is 83.3 Å². The van der Waals surface area contributed by atoms with Gasteiger partial charge in [-0.25, -0.2) is 0 Å². The van der Waals surface area contributed by atoms with Crippen molar-refractivity contribution in [2.24, 2.45) is 0 Å². The zero-order valence-corrected chi connectivity index (χ0v) is 22.3. The Morgan fingerprint density at radius 2 is 1.79 bits per heavy atom. The number of nitriles is 1. The van der Waals surface area contributed by atoms with E-state index in [4.69, 9.17) is 4.74 Å². The molecule has 2 aliphatic rings. The van der Waals surface area contributed by atoms with E-state index in [0.717, 1.165) is 29.7 Å². The SMILES string of the molecule is Cc1ccc(-n2c(=O)/c(=C/c3ccc(N4CCOCC4)c([N+](=O)[O-])c3)s/c2=C(\C#N)C(=O)N2CCCC2)cc1. The van der Waals surface area contributed by atoms with Crippen molar-refractivity contribution in [1.29, 1.82) is 5.26 Å². The Labute approximate surface area is 228 Å². The van der Waals surface area contributed by atoms with Gasteiger partial charge in [0.2, 0.25) is 0 Å². The lowest BCUT2D eigenvalue weighted by Gasteiger charge is -2.28. The number of carbonyl (C=O) groups excluding carboxylic acids is 1. The Kier molecular flexibility index (Phi) is 7.58. The normalized spacial score (nSPS) is 16.8. The molecule has 11 heteroatoms. The van der Waals surface area contributed by atoms with Gasteiger partial charge in [0.1, 0.15) is 16.4 Å². The van der Waals surface area contributed by atoms with Crippen molar-refractivity contribution in [2.75, 3.05) is 44.3 Å². The number of likely N-dealkylation sites (tertiary alicyclic amines) is 1. The summed E-state index contributed by atoms with van der Waals surface area (Å²) in [4.78, 5) is 42.0. The molecule has 2 aliphatic heterocycles. The first-order chi connectivity index (χ1) is 18.9. The van der Waals surface area contributed by atoms with Crippen LogP contribution in [0.3, 0.4) is 0 Å². The number of nitro groups is 1. The number of thiazole rings is 1. The van der Waals surface area contributed by atoms with E-state index in [9.17, 15) is 25.0 Å². The fourth-order valence-corrected chi connectivity index (χ4v) is 5.94. The molecule has 0 atom stereocenters. The third-order valence-corrected chi connectivity index (χ3v) is 7.99. The van der Waals surface area contributed by atoms with Crippen LogP contribution in [0.25, 0.3) is 17.3 Å². The Bertz CT molecular complexity index is 1640. The van der Waals surface area contributed by atoms with Gasteiger partial charge in [0.25, 0.3) is 17.2 Å². The number of aromatic nitrogens is 1. The van der Waals surface area contributed by atoms with Crippen molar-refractivity contribution in [1.82, 2.24) is 9.47 Å². The van der Waals surface area contributed by atoms with E-state index in [1.165, 1.54) is 10.6 Å². The molecular weight excluding hydrogens is 518 g/mol. The fourth-order valence-electron chi connectivity index (χ4n) is 4.84. The number of hydrogen-bond donors (Lipinski definition) is 0. The van der Waals surface area contributed by atoms with Crippen LogP contribution in [-0.4, -0.2) is 59.7 Å². The third kappa shape index (κ3) is 5.34. The Balaban J connectivity index is 1.69. The number of hydrogen-bond acceptors (Lipinski definition) is 8. The van der Waals surface area contributed by atoms with Gasteiger partial charge in [-0.2, -0.15) is 5.26 Å². The number of benzene rings is 2. The lowest BCUT2D eigenvalue weighted by molar-refractivity contribution is -0.384. The summed E-state index contributed by atoms with van der Waals surface area (Å²) in [5, 5.41) is 22.0. The maximum absolute atomic E-state index is 13.7. The summed E-state index contributed by atoms with van der Waals surface area (Å²) in [6.45, 7) is 5.17. The molecule has 0 aliphatic carbocycles. The van der Waals surface area contributed by atoms with Crippen molar-refractivity contribution in [3.63, 3.8) is 0 Å². The molecule has 0 radical (unpaired) electrons. The minimum absolute atomic E-state index is 0.0604. The van der Waals surface area contributed by atoms with Gasteiger partial charge in [0.05, 0.1) is 28.4 Å². The summed E-state index contributed by atoms with van der Waals surface area (Å²) in [5.41, 5.74) is 1.96. The van der Waals surface area contributed by atoms with E-state index in [1.807, 2.05) is 30.0 Å². The van der Waals surface area contributed by atoms with Gasteiger partial charge in [0.15, 0.2) is 5.57 Å². The highest BCUT2D eigenvalue weighted by Gasteiger charge is 2.25. The number of ether oxygens (including phenoxy) is 1. The summed E-state index contributed by atoms with van der Waals surface area (Å²) in [7, 11) is 0. The fraction of sp³-hybridized carbons (Fsp3) is 0.321. The first-order valence-corrected chi connectivity index (χ1v) is 13.5. The van der Waals surface area contributed by atoms with Crippen LogP contribution in [0.1, 0.15) is 24.0 Å². The van der Waals surface area contributed by atoms with E-state index < -0.39 is 16.4 Å². The quantitative estimate of drug-likeness (QED) is 0.355. The van der Waals surface area contributed by atoms with E-state index in [0.29, 0.717) is 56.3 Å². The maximum Gasteiger partial charge on any atom is 0.293 e. The van der Waals surface area contributed by atoms with Gasteiger partial charge in [0, 0.05) is 32.2 Å². The Hall–Kier alpha value is -4.27. The van der Waals surface area contributed by atoms with E-state index in [2.05, 4.69) is 0 Å². The number of carbonyl (C=O) groups is 1. The molecule has 10 nitrogen and oxygen atoms in total.